The zero-order valence-corrected chi connectivity index (χ0v) is 18.0. The second-order valence-corrected chi connectivity index (χ2v) is 8.61. The normalized spacial score (nSPS) is 12.0. The van der Waals surface area contributed by atoms with Crippen LogP contribution in [0.5, 0.6) is 0 Å². The number of para-hydroxylation sites is 1. The van der Waals surface area contributed by atoms with Crippen molar-refractivity contribution in [3.8, 4) is 11.3 Å². The van der Waals surface area contributed by atoms with E-state index in [1.165, 1.54) is 5.56 Å². The topological polar surface area (TPSA) is 50.4 Å². The van der Waals surface area contributed by atoms with Gasteiger partial charge >= 0.3 is 0 Å². The van der Waals surface area contributed by atoms with E-state index in [1.807, 2.05) is 61.5 Å². The Balaban J connectivity index is 1.66. The third-order valence-corrected chi connectivity index (χ3v) is 6.27. The Kier molecular flexibility index (Phi) is 4.77. The Morgan fingerprint density at radius 3 is 2.60 bits per heavy atom. The SMILES string of the molecule is Cc1ccc(-c2cc(=NNc3nc4ccccc4s3)c3cc(Cl)c(C)cc3o2)cc1. The van der Waals surface area contributed by atoms with Crippen molar-refractivity contribution < 1.29 is 4.42 Å². The number of hydrogen-bond acceptors (Lipinski definition) is 5. The highest BCUT2D eigenvalue weighted by Gasteiger charge is 2.09. The largest absolute Gasteiger partial charge is 0.456 e. The molecule has 4 nitrogen and oxygen atoms in total. The molecule has 0 amide bonds. The van der Waals surface area contributed by atoms with Crippen LogP contribution in [0, 0.1) is 13.8 Å². The highest BCUT2D eigenvalue weighted by atomic mass is 35.5. The quantitative estimate of drug-likeness (QED) is 0.316. The minimum Gasteiger partial charge on any atom is -0.456 e. The van der Waals surface area contributed by atoms with Gasteiger partial charge in [0, 0.05) is 22.0 Å². The lowest BCUT2D eigenvalue weighted by Crippen LogP contribution is -2.07. The summed E-state index contributed by atoms with van der Waals surface area (Å²) in [4.78, 5) is 4.59. The van der Waals surface area contributed by atoms with Crippen molar-refractivity contribution in [1.29, 1.82) is 0 Å². The van der Waals surface area contributed by atoms with Gasteiger partial charge in [-0.25, -0.2) is 4.98 Å². The molecule has 5 rings (SSSR count). The molecule has 0 saturated carbocycles. The fourth-order valence-electron chi connectivity index (χ4n) is 3.27. The lowest BCUT2D eigenvalue weighted by molar-refractivity contribution is 0.618. The van der Waals surface area contributed by atoms with Crippen molar-refractivity contribution in [3.05, 3.63) is 88.2 Å². The molecule has 5 aromatic rings. The summed E-state index contributed by atoms with van der Waals surface area (Å²) in [5.74, 6) is 0.745. The second kappa shape index (κ2) is 7.59. The smallest absolute Gasteiger partial charge is 0.204 e. The van der Waals surface area contributed by atoms with Gasteiger partial charge in [0.1, 0.15) is 11.3 Å². The molecule has 3 aromatic carbocycles. The Hall–Kier alpha value is -3.15. The zero-order chi connectivity index (χ0) is 20.7. The van der Waals surface area contributed by atoms with Gasteiger partial charge in [-0.05, 0) is 43.7 Å². The fourth-order valence-corrected chi connectivity index (χ4v) is 4.24. The third-order valence-electron chi connectivity index (χ3n) is 4.93. The lowest BCUT2D eigenvalue weighted by Gasteiger charge is -2.07. The molecule has 0 aliphatic rings. The molecule has 0 aliphatic carbocycles. The fraction of sp³-hybridized carbons (Fsp3) is 0.0833. The second-order valence-electron chi connectivity index (χ2n) is 7.17. The van der Waals surface area contributed by atoms with Crippen molar-refractivity contribution in [3.63, 3.8) is 0 Å². The number of benzene rings is 3. The van der Waals surface area contributed by atoms with Crippen molar-refractivity contribution in [2.24, 2.45) is 5.10 Å². The summed E-state index contributed by atoms with van der Waals surface area (Å²) in [6.07, 6.45) is 0. The van der Waals surface area contributed by atoms with Gasteiger partial charge in [0.15, 0.2) is 0 Å². The molecular formula is C24H18ClN3OS. The molecule has 0 unspecified atom stereocenters. The van der Waals surface area contributed by atoms with Crippen LogP contribution in [0.4, 0.5) is 5.13 Å². The zero-order valence-electron chi connectivity index (χ0n) is 16.4. The molecule has 0 fully saturated rings. The lowest BCUT2D eigenvalue weighted by atomic mass is 10.1. The minimum absolute atomic E-state index is 0.678. The van der Waals surface area contributed by atoms with Gasteiger partial charge in [0.2, 0.25) is 5.13 Å². The highest BCUT2D eigenvalue weighted by Crippen LogP contribution is 2.27. The molecule has 2 aromatic heterocycles. The first-order valence-corrected chi connectivity index (χ1v) is 10.7. The third kappa shape index (κ3) is 3.58. The highest BCUT2D eigenvalue weighted by molar-refractivity contribution is 7.22. The Labute approximate surface area is 182 Å². The van der Waals surface area contributed by atoms with Crippen LogP contribution in [-0.2, 0) is 0 Å². The van der Waals surface area contributed by atoms with Crippen LogP contribution in [-0.4, -0.2) is 4.98 Å². The number of halogens is 1. The van der Waals surface area contributed by atoms with Gasteiger partial charge < -0.3 is 4.42 Å². The van der Waals surface area contributed by atoms with Crippen LogP contribution < -0.4 is 10.8 Å². The predicted octanol–water partition coefficient (Wildman–Crippen LogP) is 6.91. The van der Waals surface area contributed by atoms with Crippen LogP contribution in [0.15, 0.2) is 76.2 Å². The molecule has 2 heterocycles. The van der Waals surface area contributed by atoms with Crippen LogP contribution in [0.2, 0.25) is 5.02 Å². The first kappa shape index (κ1) is 18.9. The van der Waals surface area contributed by atoms with Gasteiger partial charge in [-0.1, -0.05) is 64.9 Å². The van der Waals surface area contributed by atoms with Gasteiger partial charge in [-0.3, -0.25) is 5.43 Å². The molecule has 148 valence electrons. The van der Waals surface area contributed by atoms with E-state index in [9.17, 15) is 0 Å². The number of nitrogens with one attached hydrogen (secondary N) is 1. The summed E-state index contributed by atoms with van der Waals surface area (Å²) in [6, 6.07) is 22.0. The molecule has 0 aliphatic heterocycles. The summed E-state index contributed by atoms with van der Waals surface area (Å²) >= 11 is 7.95. The molecule has 6 heteroatoms. The van der Waals surface area contributed by atoms with Gasteiger partial charge in [-0.2, -0.15) is 5.10 Å². The van der Waals surface area contributed by atoms with E-state index in [0.29, 0.717) is 5.02 Å². The monoisotopic (exact) mass is 431 g/mol. The number of thiazole rings is 1. The van der Waals surface area contributed by atoms with Gasteiger partial charge in [-0.15, -0.1) is 0 Å². The number of aryl methyl sites for hydroxylation is 2. The predicted molar refractivity (Wildman–Crippen MR) is 125 cm³/mol. The van der Waals surface area contributed by atoms with E-state index in [2.05, 4.69) is 34.6 Å². The average molecular weight is 432 g/mol. The average Bonchev–Trinajstić information content (AvgIpc) is 3.16. The first-order valence-electron chi connectivity index (χ1n) is 9.53. The number of fused-ring (bicyclic) bond motifs is 2. The van der Waals surface area contributed by atoms with Crippen LogP contribution in [0.1, 0.15) is 11.1 Å². The van der Waals surface area contributed by atoms with Gasteiger partial charge in [0.05, 0.1) is 15.6 Å². The Bertz CT molecular complexity index is 1420. The van der Waals surface area contributed by atoms with E-state index >= 15 is 0 Å². The van der Waals surface area contributed by atoms with E-state index in [4.69, 9.17) is 16.0 Å². The molecule has 0 atom stereocenters. The summed E-state index contributed by atoms with van der Waals surface area (Å²) in [5.41, 5.74) is 7.95. The Morgan fingerprint density at radius 1 is 1.00 bits per heavy atom. The number of anilines is 1. The molecule has 0 radical (unpaired) electrons. The number of rotatable bonds is 3. The molecule has 0 bridgehead atoms. The number of nitrogens with zero attached hydrogens (tertiary/aromatic N) is 2. The maximum absolute atomic E-state index is 6.39. The molecule has 30 heavy (non-hydrogen) atoms. The molecule has 0 spiro atoms. The van der Waals surface area contributed by atoms with Crippen LogP contribution in [0.25, 0.3) is 32.5 Å². The molecular weight excluding hydrogens is 414 g/mol. The number of hydrogen-bond donors (Lipinski definition) is 1. The first-order chi connectivity index (χ1) is 14.6. The van der Waals surface area contributed by atoms with Crippen molar-refractivity contribution in [1.82, 2.24) is 4.98 Å². The van der Waals surface area contributed by atoms with E-state index in [-0.39, 0.29) is 0 Å². The Morgan fingerprint density at radius 2 is 1.80 bits per heavy atom. The number of aromatic nitrogens is 1. The molecule has 1 N–H and O–H groups in total. The van der Waals surface area contributed by atoms with E-state index in [0.717, 1.165) is 48.6 Å². The summed E-state index contributed by atoms with van der Waals surface area (Å²) < 4.78 is 7.32. The summed E-state index contributed by atoms with van der Waals surface area (Å²) in [6.45, 7) is 4.03. The maximum atomic E-state index is 6.39. The van der Waals surface area contributed by atoms with Crippen LogP contribution in [0.3, 0.4) is 0 Å². The van der Waals surface area contributed by atoms with Crippen molar-refractivity contribution >= 4 is 49.3 Å². The maximum Gasteiger partial charge on any atom is 0.204 e. The summed E-state index contributed by atoms with van der Waals surface area (Å²) in [7, 11) is 0. The molecule has 0 saturated heterocycles. The van der Waals surface area contributed by atoms with Gasteiger partial charge in [0.25, 0.3) is 0 Å². The van der Waals surface area contributed by atoms with E-state index < -0.39 is 0 Å². The van der Waals surface area contributed by atoms with E-state index in [1.54, 1.807) is 11.3 Å². The van der Waals surface area contributed by atoms with Crippen LogP contribution >= 0.6 is 22.9 Å². The summed E-state index contributed by atoms with van der Waals surface area (Å²) in [5, 5.41) is 7.65. The van der Waals surface area contributed by atoms with Crippen molar-refractivity contribution in [2.75, 3.05) is 5.43 Å². The minimum atomic E-state index is 0.678. The standard InChI is InChI=1S/C24H18ClN3OS/c1-14-7-9-16(10-8-14)21-13-20(17-12-18(25)15(2)11-22(17)29-21)27-28-24-26-19-5-3-4-6-23(19)30-24/h3-13H,1-2H3,(H,26,28). The van der Waals surface area contributed by atoms with Crippen molar-refractivity contribution in [2.45, 2.75) is 13.8 Å².